The summed E-state index contributed by atoms with van der Waals surface area (Å²) in [6.45, 7) is 1.68. The van der Waals surface area contributed by atoms with Gasteiger partial charge in [0.05, 0.1) is 5.38 Å². The molecule has 0 fully saturated rings. The van der Waals surface area contributed by atoms with Crippen molar-refractivity contribution in [3.8, 4) is 0 Å². The highest BCUT2D eigenvalue weighted by atomic mass is 79.9. The molecule has 0 saturated heterocycles. The van der Waals surface area contributed by atoms with Gasteiger partial charge in [-0.3, -0.25) is 4.79 Å². The molecule has 0 radical (unpaired) electrons. The molecule has 1 nitrogen and oxygen atoms in total. The summed E-state index contributed by atoms with van der Waals surface area (Å²) in [4.78, 5) is 11.7. The molecule has 0 heterocycles. The predicted molar refractivity (Wildman–Crippen MR) is 66.4 cm³/mol. The quantitative estimate of drug-likeness (QED) is 0.597. The first-order chi connectivity index (χ1) is 6.56. The Labute approximate surface area is 105 Å². The van der Waals surface area contributed by atoms with Gasteiger partial charge in [0.15, 0.2) is 5.78 Å². The van der Waals surface area contributed by atoms with Crippen LogP contribution >= 0.6 is 43.5 Å². The fraction of sp³-hybridized carbons (Fsp3) is 0.300. The van der Waals surface area contributed by atoms with Crippen LogP contribution in [0.4, 0.5) is 0 Å². The first kappa shape index (κ1) is 12.2. The SMILES string of the molecule is CC(Cl)C(=O)c1cc(CBr)ccc1Br. The molecule has 0 aliphatic rings. The summed E-state index contributed by atoms with van der Waals surface area (Å²) in [5.41, 5.74) is 1.71. The second-order valence-corrected chi connectivity index (χ2v) is 5.00. The van der Waals surface area contributed by atoms with Crippen LogP contribution in [0.5, 0.6) is 0 Å². The minimum Gasteiger partial charge on any atom is -0.292 e. The van der Waals surface area contributed by atoms with Gasteiger partial charge in [-0.25, -0.2) is 0 Å². The summed E-state index contributed by atoms with van der Waals surface area (Å²) in [5.74, 6) is -0.0543. The van der Waals surface area contributed by atoms with Crippen LogP contribution in [0.3, 0.4) is 0 Å². The molecular weight excluding hydrogens is 331 g/mol. The van der Waals surface area contributed by atoms with E-state index in [0.29, 0.717) is 5.56 Å². The lowest BCUT2D eigenvalue weighted by atomic mass is 10.1. The number of Topliss-reactive ketones (excluding diaryl/α,β-unsaturated/α-hetero) is 1. The van der Waals surface area contributed by atoms with Crippen molar-refractivity contribution in [1.29, 1.82) is 0 Å². The molecule has 14 heavy (non-hydrogen) atoms. The number of halogens is 3. The minimum absolute atomic E-state index is 0.0543. The Bertz CT molecular complexity index is 350. The van der Waals surface area contributed by atoms with Crippen LogP contribution in [-0.4, -0.2) is 11.2 Å². The Morgan fingerprint density at radius 3 is 2.71 bits per heavy atom. The number of carbonyl (C=O) groups is 1. The van der Waals surface area contributed by atoms with Gasteiger partial charge in [0.2, 0.25) is 0 Å². The summed E-state index contributed by atoms with van der Waals surface area (Å²) in [6.07, 6.45) is 0. The third-order valence-electron chi connectivity index (χ3n) is 1.81. The molecule has 0 aliphatic carbocycles. The molecule has 0 aromatic heterocycles. The maximum absolute atomic E-state index is 11.7. The van der Waals surface area contributed by atoms with Crippen molar-refractivity contribution >= 4 is 49.2 Å². The number of hydrogen-bond donors (Lipinski definition) is 0. The summed E-state index contributed by atoms with van der Waals surface area (Å²) in [5, 5.41) is 0.244. The fourth-order valence-corrected chi connectivity index (χ4v) is 1.97. The summed E-state index contributed by atoms with van der Waals surface area (Å²) >= 11 is 12.4. The first-order valence-corrected chi connectivity index (χ1v) is 6.44. The molecule has 0 N–H and O–H groups in total. The van der Waals surface area contributed by atoms with Gasteiger partial charge in [-0.2, -0.15) is 0 Å². The highest BCUT2D eigenvalue weighted by Gasteiger charge is 2.15. The molecule has 1 aromatic carbocycles. The molecule has 1 unspecified atom stereocenters. The van der Waals surface area contributed by atoms with Crippen molar-refractivity contribution in [3.05, 3.63) is 33.8 Å². The van der Waals surface area contributed by atoms with Crippen molar-refractivity contribution in [2.24, 2.45) is 0 Å². The Kier molecular flexibility index (Phi) is 4.61. The molecule has 4 heteroatoms. The van der Waals surface area contributed by atoms with E-state index in [1.807, 2.05) is 18.2 Å². The van der Waals surface area contributed by atoms with Gasteiger partial charge in [-0.15, -0.1) is 11.6 Å². The third-order valence-corrected chi connectivity index (χ3v) is 3.35. The zero-order chi connectivity index (χ0) is 10.7. The molecular formula is C10H9Br2ClO. The normalized spacial score (nSPS) is 12.6. The van der Waals surface area contributed by atoms with Crippen molar-refractivity contribution in [2.75, 3.05) is 0 Å². The van der Waals surface area contributed by atoms with Crippen LogP contribution in [0.2, 0.25) is 0 Å². The number of rotatable bonds is 3. The molecule has 0 aliphatic heterocycles. The van der Waals surface area contributed by atoms with Gasteiger partial charge in [-0.05, 0) is 24.6 Å². The largest absolute Gasteiger partial charge is 0.292 e. The molecule has 1 atom stereocenters. The van der Waals surface area contributed by atoms with E-state index in [9.17, 15) is 4.79 Å². The number of hydrogen-bond acceptors (Lipinski definition) is 1. The fourth-order valence-electron chi connectivity index (χ4n) is 1.06. The van der Waals surface area contributed by atoms with E-state index in [0.717, 1.165) is 15.4 Å². The maximum Gasteiger partial charge on any atom is 0.181 e. The highest BCUT2D eigenvalue weighted by Crippen LogP contribution is 2.22. The van der Waals surface area contributed by atoms with E-state index in [4.69, 9.17) is 11.6 Å². The van der Waals surface area contributed by atoms with E-state index in [2.05, 4.69) is 31.9 Å². The molecule has 1 rings (SSSR count). The van der Waals surface area contributed by atoms with E-state index in [-0.39, 0.29) is 5.78 Å². The van der Waals surface area contributed by atoms with Gasteiger partial charge in [0.1, 0.15) is 0 Å². The van der Waals surface area contributed by atoms with Crippen molar-refractivity contribution in [1.82, 2.24) is 0 Å². The topological polar surface area (TPSA) is 17.1 Å². The molecule has 0 saturated carbocycles. The second-order valence-electron chi connectivity index (χ2n) is 2.93. The predicted octanol–water partition coefficient (Wildman–Crippen LogP) is 4.15. The lowest BCUT2D eigenvalue weighted by Crippen LogP contribution is -2.11. The van der Waals surface area contributed by atoms with E-state index >= 15 is 0 Å². The van der Waals surface area contributed by atoms with Gasteiger partial charge < -0.3 is 0 Å². The molecule has 0 amide bonds. The number of ketones is 1. The molecule has 76 valence electrons. The zero-order valence-corrected chi connectivity index (χ0v) is 11.5. The van der Waals surface area contributed by atoms with Gasteiger partial charge in [0, 0.05) is 15.4 Å². The molecule has 1 aromatic rings. The standard InChI is InChI=1S/C10H9Br2ClO/c1-6(13)10(14)8-4-7(5-11)2-3-9(8)12/h2-4,6H,5H2,1H3. The van der Waals surface area contributed by atoms with Gasteiger partial charge >= 0.3 is 0 Å². The lowest BCUT2D eigenvalue weighted by molar-refractivity contribution is 0.0991. The van der Waals surface area contributed by atoms with Crippen molar-refractivity contribution in [2.45, 2.75) is 17.6 Å². The Hall–Kier alpha value is 0.140. The van der Waals surface area contributed by atoms with Crippen LogP contribution in [0.15, 0.2) is 22.7 Å². The molecule has 0 bridgehead atoms. The number of benzene rings is 1. The summed E-state index contributed by atoms with van der Waals surface area (Å²) in [6, 6.07) is 5.66. The van der Waals surface area contributed by atoms with Crippen LogP contribution in [0, 0.1) is 0 Å². The number of carbonyl (C=O) groups excluding carboxylic acids is 1. The van der Waals surface area contributed by atoms with Crippen LogP contribution in [0.25, 0.3) is 0 Å². The van der Waals surface area contributed by atoms with Gasteiger partial charge in [-0.1, -0.05) is 37.9 Å². The maximum atomic E-state index is 11.7. The Balaban J connectivity index is 3.12. The van der Waals surface area contributed by atoms with Crippen LogP contribution < -0.4 is 0 Å². The van der Waals surface area contributed by atoms with E-state index in [1.165, 1.54) is 0 Å². The van der Waals surface area contributed by atoms with E-state index in [1.54, 1.807) is 6.92 Å². The smallest absolute Gasteiger partial charge is 0.181 e. The van der Waals surface area contributed by atoms with E-state index < -0.39 is 5.38 Å². The van der Waals surface area contributed by atoms with Crippen LogP contribution in [-0.2, 0) is 5.33 Å². The Morgan fingerprint density at radius 1 is 1.57 bits per heavy atom. The second kappa shape index (κ2) is 5.29. The average molecular weight is 340 g/mol. The minimum atomic E-state index is -0.489. The lowest BCUT2D eigenvalue weighted by Gasteiger charge is -2.06. The Morgan fingerprint density at radius 2 is 2.21 bits per heavy atom. The summed E-state index contributed by atoms with van der Waals surface area (Å²) < 4.78 is 0.791. The highest BCUT2D eigenvalue weighted by molar-refractivity contribution is 9.10. The number of alkyl halides is 2. The monoisotopic (exact) mass is 338 g/mol. The third kappa shape index (κ3) is 2.81. The van der Waals surface area contributed by atoms with Crippen LogP contribution in [0.1, 0.15) is 22.8 Å². The summed E-state index contributed by atoms with van der Waals surface area (Å²) in [7, 11) is 0. The van der Waals surface area contributed by atoms with Crippen molar-refractivity contribution in [3.63, 3.8) is 0 Å². The zero-order valence-electron chi connectivity index (χ0n) is 7.56. The first-order valence-electron chi connectivity index (χ1n) is 4.09. The molecule has 0 spiro atoms. The van der Waals surface area contributed by atoms with Crippen molar-refractivity contribution < 1.29 is 4.79 Å². The van der Waals surface area contributed by atoms with Gasteiger partial charge in [0.25, 0.3) is 0 Å². The average Bonchev–Trinajstić information content (AvgIpc) is 2.17.